The molecular formula is C23H21N3O5. The van der Waals surface area contributed by atoms with Gasteiger partial charge < -0.3 is 19.8 Å². The van der Waals surface area contributed by atoms with Crippen LogP contribution in [0.3, 0.4) is 0 Å². The molecule has 2 atom stereocenters. The van der Waals surface area contributed by atoms with Crippen LogP contribution in [0.25, 0.3) is 11.0 Å². The summed E-state index contributed by atoms with van der Waals surface area (Å²) in [4.78, 5) is 39.3. The Hall–Kier alpha value is -3.81. The Morgan fingerprint density at radius 3 is 2.81 bits per heavy atom. The number of imide groups is 1. The molecule has 3 aromatic rings. The third-order valence-corrected chi connectivity index (χ3v) is 5.79. The van der Waals surface area contributed by atoms with Gasteiger partial charge in [-0.2, -0.15) is 0 Å². The van der Waals surface area contributed by atoms with Gasteiger partial charge in [0.25, 0.3) is 5.91 Å². The summed E-state index contributed by atoms with van der Waals surface area (Å²) in [6.45, 7) is 1.69. The number of nitrogens with zero attached hydrogens (tertiary/aromatic N) is 1. The molecule has 0 aliphatic carbocycles. The molecule has 5 rings (SSSR count). The van der Waals surface area contributed by atoms with Gasteiger partial charge in [0.2, 0.25) is 5.91 Å². The van der Waals surface area contributed by atoms with Crippen molar-refractivity contribution in [2.75, 3.05) is 13.2 Å². The van der Waals surface area contributed by atoms with E-state index in [0.717, 1.165) is 21.6 Å². The summed E-state index contributed by atoms with van der Waals surface area (Å²) in [5.41, 5.74) is 0.128. The van der Waals surface area contributed by atoms with Crippen LogP contribution in [-0.2, 0) is 15.1 Å². The van der Waals surface area contributed by atoms with Crippen LogP contribution < -0.4 is 15.4 Å². The summed E-state index contributed by atoms with van der Waals surface area (Å²) >= 11 is 0. The molecule has 8 heteroatoms. The minimum absolute atomic E-state index is 0.236. The standard InChI is InChI=1S/C23H21N3O5/c1-23(19-12-14-6-2-4-8-17(14)31-19)21(28)26(22(29)25-23)13-20(27)24-16-10-11-30-18-9-5-3-7-15(16)18/h2-9,12,16H,10-11,13H2,1H3,(H,24,27)(H,25,29). The lowest BCUT2D eigenvalue weighted by atomic mass is 9.98. The third-order valence-electron chi connectivity index (χ3n) is 5.79. The lowest BCUT2D eigenvalue weighted by molar-refractivity contribution is -0.135. The minimum Gasteiger partial charge on any atom is -0.493 e. The fourth-order valence-electron chi connectivity index (χ4n) is 4.11. The molecule has 0 spiro atoms. The fourth-order valence-corrected chi connectivity index (χ4v) is 4.11. The maximum atomic E-state index is 13.1. The maximum Gasteiger partial charge on any atom is 0.325 e. The summed E-state index contributed by atoms with van der Waals surface area (Å²) in [7, 11) is 0. The van der Waals surface area contributed by atoms with Gasteiger partial charge in [-0.1, -0.05) is 36.4 Å². The van der Waals surface area contributed by atoms with Crippen LogP contribution in [0.5, 0.6) is 5.75 Å². The molecule has 3 heterocycles. The molecule has 2 N–H and O–H groups in total. The second-order valence-corrected chi connectivity index (χ2v) is 7.89. The van der Waals surface area contributed by atoms with Crippen molar-refractivity contribution < 1.29 is 23.5 Å². The number of rotatable bonds is 4. The van der Waals surface area contributed by atoms with Crippen molar-refractivity contribution in [2.24, 2.45) is 0 Å². The quantitative estimate of drug-likeness (QED) is 0.634. The second-order valence-electron chi connectivity index (χ2n) is 7.89. The molecule has 4 amide bonds. The van der Waals surface area contributed by atoms with E-state index in [1.54, 1.807) is 19.1 Å². The SMILES string of the molecule is CC1(c2cc3ccccc3o2)NC(=O)N(CC(=O)NC2CCOc3ccccc32)C1=O. The summed E-state index contributed by atoms with van der Waals surface area (Å²) in [5.74, 6) is 0.109. The summed E-state index contributed by atoms with van der Waals surface area (Å²) < 4.78 is 11.4. The molecule has 0 bridgehead atoms. The van der Waals surface area contributed by atoms with Gasteiger partial charge in [-0.15, -0.1) is 0 Å². The molecule has 0 saturated carbocycles. The van der Waals surface area contributed by atoms with Crippen LogP contribution in [-0.4, -0.2) is 35.9 Å². The number of furan rings is 1. The number of hydrogen-bond acceptors (Lipinski definition) is 5. The van der Waals surface area contributed by atoms with Crippen molar-refractivity contribution >= 4 is 28.8 Å². The molecule has 1 fully saturated rings. The van der Waals surface area contributed by atoms with E-state index >= 15 is 0 Å². The summed E-state index contributed by atoms with van der Waals surface area (Å²) in [5, 5.41) is 6.42. The first-order valence-corrected chi connectivity index (χ1v) is 10.1. The van der Waals surface area contributed by atoms with Crippen molar-refractivity contribution in [3.05, 3.63) is 65.9 Å². The van der Waals surface area contributed by atoms with E-state index in [1.807, 2.05) is 42.5 Å². The Morgan fingerprint density at radius 2 is 1.97 bits per heavy atom. The Balaban J connectivity index is 1.33. The van der Waals surface area contributed by atoms with Gasteiger partial charge in [-0.3, -0.25) is 14.5 Å². The average Bonchev–Trinajstić information content (AvgIpc) is 3.30. The number of carbonyl (C=O) groups excluding carboxylic acids is 3. The Morgan fingerprint density at radius 1 is 1.19 bits per heavy atom. The highest BCUT2D eigenvalue weighted by Gasteiger charge is 2.51. The molecular weight excluding hydrogens is 398 g/mol. The van der Waals surface area contributed by atoms with Crippen LogP contribution in [0.2, 0.25) is 0 Å². The summed E-state index contributed by atoms with van der Waals surface area (Å²) in [6.07, 6.45) is 0.611. The van der Waals surface area contributed by atoms with Crippen LogP contribution in [0.4, 0.5) is 4.79 Å². The molecule has 1 aromatic heterocycles. The van der Waals surface area contributed by atoms with Crippen molar-refractivity contribution in [3.63, 3.8) is 0 Å². The van der Waals surface area contributed by atoms with Gasteiger partial charge in [0.1, 0.15) is 23.6 Å². The van der Waals surface area contributed by atoms with Crippen molar-refractivity contribution in [1.82, 2.24) is 15.5 Å². The van der Waals surface area contributed by atoms with Gasteiger partial charge in [0, 0.05) is 17.4 Å². The fraction of sp³-hybridized carbons (Fsp3) is 0.261. The number of carbonyl (C=O) groups is 3. The molecule has 2 unspecified atom stereocenters. The van der Waals surface area contributed by atoms with Crippen LogP contribution in [0.1, 0.15) is 30.7 Å². The first-order chi connectivity index (χ1) is 15.0. The highest BCUT2D eigenvalue weighted by Crippen LogP contribution is 2.34. The Labute approximate surface area is 178 Å². The van der Waals surface area contributed by atoms with Crippen molar-refractivity contribution in [1.29, 1.82) is 0 Å². The van der Waals surface area contributed by atoms with Gasteiger partial charge in [-0.05, 0) is 25.1 Å². The average molecular weight is 419 g/mol. The zero-order chi connectivity index (χ0) is 21.6. The molecule has 8 nitrogen and oxygen atoms in total. The Bertz CT molecular complexity index is 1170. The van der Waals surface area contributed by atoms with E-state index in [2.05, 4.69) is 10.6 Å². The number of ether oxygens (including phenoxy) is 1. The number of hydrogen-bond donors (Lipinski definition) is 2. The zero-order valence-electron chi connectivity index (χ0n) is 16.9. The van der Waals surface area contributed by atoms with Crippen LogP contribution in [0, 0.1) is 0 Å². The molecule has 2 aliphatic heterocycles. The first-order valence-electron chi connectivity index (χ1n) is 10.1. The number of amides is 4. The lowest BCUT2D eigenvalue weighted by Crippen LogP contribution is -2.44. The normalized spacial score (nSPS) is 22.7. The van der Waals surface area contributed by atoms with Gasteiger partial charge in [0.05, 0.1) is 12.6 Å². The molecule has 31 heavy (non-hydrogen) atoms. The van der Waals surface area contributed by atoms with E-state index in [4.69, 9.17) is 9.15 Å². The van der Waals surface area contributed by atoms with Gasteiger partial charge >= 0.3 is 6.03 Å². The largest absolute Gasteiger partial charge is 0.493 e. The predicted octanol–water partition coefficient (Wildman–Crippen LogP) is 2.84. The smallest absolute Gasteiger partial charge is 0.325 e. The molecule has 1 saturated heterocycles. The minimum atomic E-state index is -1.37. The Kier molecular flexibility index (Phi) is 4.43. The number of fused-ring (bicyclic) bond motifs is 2. The van der Waals surface area contributed by atoms with Gasteiger partial charge in [0.15, 0.2) is 5.54 Å². The van der Waals surface area contributed by atoms with Crippen LogP contribution >= 0.6 is 0 Å². The monoisotopic (exact) mass is 419 g/mol. The number of nitrogens with one attached hydrogen (secondary N) is 2. The lowest BCUT2D eigenvalue weighted by Gasteiger charge is -2.27. The second kappa shape index (κ2) is 7.16. The van der Waals surface area contributed by atoms with Crippen LogP contribution in [0.15, 0.2) is 59.0 Å². The highest BCUT2D eigenvalue weighted by atomic mass is 16.5. The van der Waals surface area contributed by atoms with E-state index < -0.39 is 23.4 Å². The topological polar surface area (TPSA) is 101 Å². The molecule has 2 aliphatic rings. The predicted molar refractivity (Wildman–Crippen MR) is 111 cm³/mol. The number of urea groups is 1. The maximum absolute atomic E-state index is 13.1. The summed E-state index contributed by atoms with van der Waals surface area (Å²) in [6, 6.07) is 15.7. The number of para-hydroxylation sites is 2. The zero-order valence-corrected chi connectivity index (χ0v) is 16.9. The van der Waals surface area contributed by atoms with E-state index in [1.165, 1.54) is 0 Å². The van der Waals surface area contributed by atoms with Crippen molar-refractivity contribution in [2.45, 2.75) is 24.9 Å². The van der Waals surface area contributed by atoms with E-state index in [-0.39, 0.29) is 12.6 Å². The molecule has 158 valence electrons. The third kappa shape index (κ3) is 3.20. The van der Waals surface area contributed by atoms with Gasteiger partial charge in [-0.25, -0.2) is 4.79 Å². The molecule has 0 radical (unpaired) electrons. The van der Waals surface area contributed by atoms with Crippen molar-refractivity contribution in [3.8, 4) is 5.75 Å². The molecule has 2 aromatic carbocycles. The highest BCUT2D eigenvalue weighted by molar-refractivity contribution is 6.09. The first kappa shape index (κ1) is 19.2. The van der Waals surface area contributed by atoms with E-state index in [0.29, 0.717) is 24.4 Å². The van der Waals surface area contributed by atoms with E-state index in [9.17, 15) is 14.4 Å². The number of benzene rings is 2.